The second kappa shape index (κ2) is 28.4. The Balaban J connectivity index is 0.000000286. The van der Waals surface area contributed by atoms with Gasteiger partial charge < -0.3 is 52.2 Å². The van der Waals surface area contributed by atoms with E-state index in [1.807, 2.05) is 104 Å². The molecule has 0 spiro atoms. The van der Waals surface area contributed by atoms with Crippen molar-refractivity contribution >= 4 is 64.3 Å². The minimum absolute atomic E-state index is 0.120. The monoisotopic (exact) mass is 1070 g/mol. The molecular weight excluding hydrogens is 997 g/mol. The number of amidine groups is 2. The molecule has 0 N–H and O–H groups in total. The van der Waals surface area contributed by atoms with Crippen LogP contribution in [0.15, 0.2) is 83.3 Å². The molecule has 2 fully saturated rings. The molecule has 4 aliphatic rings. The Morgan fingerprint density at radius 2 is 1.05 bits per heavy atom. The molecule has 408 valence electrons. The Hall–Kier alpha value is -5.45. The zero-order valence-electron chi connectivity index (χ0n) is 45.0. The lowest BCUT2D eigenvalue weighted by Gasteiger charge is -2.40. The van der Waals surface area contributed by atoms with Crippen LogP contribution in [-0.2, 0) is 65.5 Å². The van der Waals surface area contributed by atoms with Crippen LogP contribution in [0.4, 0.5) is 9.59 Å². The summed E-state index contributed by atoms with van der Waals surface area (Å²) in [5, 5.41) is 0.987. The number of aldehydes is 1. The van der Waals surface area contributed by atoms with Crippen LogP contribution in [0.5, 0.6) is 11.5 Å². The van der Waals surface area contributed by atoms with Crippen molar-refractivity contribution in [3.63, 3.8) is 0 Å². The third-order valence-corrected chi connectivity index (χ3v) is 13.7. The molecule has 74 heavy (non-hydrogen) atoms. The van der Waals surface area contributed by atoms with Gasteiger partial charge in [0.25, 0.3) is 0 Å². The van der Waals surface area contributed by atoms with Crippen LogP contribution in [0.25, 0.3) is 0 Å². The molecule has 2 aromatic carbocycles. The molecule has 0 radical (unpaired) electrons. The number of rotatable bonds is 14. The smallest absolute Gasteiger partial charge is 0.416 e. The lowest BCUT2D eigenvalue weighted by molar-refractivity contribution is -0.150. The molecule has 0 aliphatic carbocycles. The average Bonchev–Trinajstić information content (AvgIpc) is 3.99. The topological polar surface area (TPSA) is 209 Å². The minimum Gasteiger partial charge on any atom is -0.497 e. The van der Waals surface area contributed by atoms with Gasteiger partial charge in [0.15, 0.2) is 10.3 Å². The number of esters is 2. The number of fused-ring (bicyclic) bond motifs is 2. The van der Waals surface area contributed by atoms with Gasteiger partial charge in [-0.25, -0.2) is 19.2 Å². The summed E-state index contributed by atoms with van der Waals surface area (Å²) in [7, 11) is 6.49. The van der Waals surface area contributed by atoms with Gasteiger partial charge in [-0.3, -0.25) is 19.8 Å². The first-order valence-electron chi connectivity index (χ1n) is 24.3. The van der Waals surface area contributed by atoms with Crippen LogP contribution < -0.4 is 9.47 Å². The highest BCUT2D eigenvalue weighted by molar-refractivity contribution is 8.14. The molecule has 19 nitrogen and oxygen atoms in total. The van der Waals surface area contributed by atoms with Crippen LogP contribution in [0.1, 0.15) is 80.4 Å². The molecule has 0 unspecified atom stereocenters. The highest BCUT2D eigenvalue weighted by Crippen LogP contribution is 2.43. The van der Waals surface area contributed by atoms with Crippen molar-refractivity contribution in [1.29, 1.82) is 0 Å². The van der Waals surface area contributed by atoms with Gasteiger partial charge in [0.2, 0.25) is 0 Å². The summed E-state index contributed by atoms with van der Waals surface area (Å²) in [6.07, 6.45) is 2.40. The van der Waals surface area contributed by atoms with Crippen LogP contribution in [0.2, 0.25) is 0 Å². The maximum Gasteiger partial charge on any atom is 0.416 e. The number of hydrogen-bond acceptors (Lipinski definition) is 19. The number of benzene rings is 2. The molecule has 0 saturated carbocycles. The Morgan fingerprint density at radius 3 is 1.41 bits per heavy atom. The number of carbonyl (C=O) groups excluding carboxylic acids is 5. The van der Waals surface area contributed by atoms with Crippen LogP contribution >= 0.6 is 23.5 Å². The molecule has 0 bridgehead atoms. The molecule has 2 aromatic rings. The number of methoxy groups -OCH3 is 2. The molecule has 2 amide bonds. The van der Waals surface area contributed by atoms with E-state index < -0.39 is 52.4 Å². The quantitative estimate of drug-likeness (QED) is 0.0750. The van der Waals surface area contributed by atoms with Crippen molar-refractivity contribution in [2.45, 2.75) is 141 Å². The van der Waals surface area contributed by atoms with Crippen LogP contribution in [-0.4, -0.2) is 151 Å². The Morgan fingerprint density at radius 1 is 0.662 bits per heavy atom. The van der Waals surface area contributed by atoms with E-state index in [1.165, 1.54) is 39.4 Å². The van der Waals surface area contributed by atoms with Gasteiger partial charge in [-0.15, -0.1) is 0 Å². The highest BCUT2D eigenvalue weighted by Gasteiger charge is 2.50. The maximum atomic E-state index is 12.6. The van der Waals surface area contributed by atoms with E-state index in [1.54, 1.807) is 48.2 Å². The lowest BCUT2D eigenvalue weighted by atomic mass is 9.89. The summed E-state index contributed by atoms with van der Waals surface area (Å²) in [6, 6.07) is 14.6. The first-order valence-corrected chi connectivity index (χ1v) is 26.0. The van der Waals surface area contributed by atoms with E-state index >= 15 is 0 Å². The Labute approximate surface area is 444 Å². The predicted molar refractivity (Wildman–Crippen MR) is 283 cm³/mol. The van der Waals surface area contributed by atoms with Crippen molar-refractivity contribution in [3.8, 4) is 11.5 Å². The van der Waals surface area contributed by atoms with Crippen LogP contribution in [0.3, 0.4) is 0 Å². The number of amides is 2. The first kappa shape index (κ1) is 61.1. The summed E-state index contributed by atoms with van der Waals surface area (Å²) < 4.78 is 55.7. The van der Waals surface area contributed by atoms with E-state index in [4.69, 9.17) is 52.6 Å². The van der Waals surface area contributed by atoms with E-state index in [0.29, 0.717) is 36.8 Å². The Kier molecular flexibility index (Phi) is 23.5. The summed E-state index contributed by atoms with van der Waals surface area (Å²) >= 11 is 2.65. The standard InChI is InChI=1S/C26H36N2O7S.C22H30N2O6S.C5H8O2/c1-8-32-20(29)14-13-19-16(2)22(33-15-17-9-11-18(31-7)12-10-17)21-23(34-19)36-24(27-21)28(6)25(30)35-26(3,4)5;1-13-16(11-25)29-19-17(18(13)28-12-14-7-9-15(27-6)10-8-14)23-20(31-19)24(5)21(26)30-22(2,3)4;1-3-5(6)7-4-2/h9-14,16,19,21-23H,8,15H2,1-7H3;7-11,13,16-19H,12H2,1-6H3;3H,1,4H2,2H3/b14-13+;;/t16-,19-,21-,22+,23-;13-,16-,17-,18+,19-;/m11./s1. The molecule has 21 heteroatoms. The fraction of sp³-hybridized carbons (Fsp3) is 0.566. The number of nitrogens with zero attached hydrogens (tertiary/aromatic N) is 4. The third-order valence-electron chi connectivity index (χ3n) is 11.3. The van der Waals surface area contributed by atoms with E-state index in [9.17, 15) is 24.0 Å². The molecule has 4 heterocycles. The highest BCUT2D eigenvalue weighted by atomic mass is 32.2. The van der Waals surface area contributed by atoms with Crippen molar-refractivity contribution in [3.05, 3.63) is 84.5 Å². The molecule has 4 aliphatic heterocycles. The third kappa shape index (κ3) is 18.1. The van der Waals surface area contributed by atoms with Gasteiger partial charge in [0.05, 0.1) is 59.0 Å². The van der Waals surface area contributed by atoms with Crippen LogP contribution in [0, 0.1) is 11.8 Å². The SMILES string of the molecule is C=CC(=O)OCC.CCOC(=O)/C=C/[C@H]1O[C@@H]2SC(N(C)C(=O)OC(C)(C)C)=N[C@@H]2[C@@H](OCc2ccc(OC)cc2)[C@@H]1C.COc1ccc(CO[C@H]2[C@H](C)[C@@H](C=O)O[C@@H]3SC(N(C)C(=O)OC(C)(C)C)=N[C@H]23)cc1. The fourth-order valence-corrected chi connectivity index (χ4v) is 9.75. The number of hydrogen-bond donors (Lipinski definition) is 0. The predicted octanol–water partition coefficient (Wildman–Crippen LogP) is 8.61. The number of thioether (sulfide) groups is 2. The van der Waals surface area contributed by atoms with Gasteiger partial charge in [-0.05, 0) is 96.9 Å². The summed E-state index contributed by atoms with van der Waals surface area (Å²) in [5.41, 5.74) is -0.0600. The largest absolute Gasteiger partial charge is 0.497 e. The first-order chi connectivity index (χ1) is 34.9. The van der Waals surface area contributed by atoms with Gasteiger partial charge in [-0.2, -0.15) is 0 Å². The molecule has 0 aromatic heterocycles. The van der Waals surface area contributed by atoms with Crippen molar-refractivity contribution in [2.24, 2.45) is 21.8 Å². The fourth-order valence-electron chi connectivity index (χ4n) is 7.43. The van der Waals surface area contributed by atoms with Crippen molar-refractivity contribution in [2.75, 3.05) is 41.5 Å². The van der Waals surface area contributed by atoms with Gasteiger partial charge in [0, 0.05) is 38.1 Å². The van der Waals surface area contributed by atoms with E-state index in [2.05, 4.69) is 11.3 Å². The normalized spacial score (nSPS) is 24.9. The van der Waals surface area contributed by atoms with E-state index in [0.717, 1.165) is 35.0 Å². The van der Waals surface area contributed by atoms with E-state index in [-0.39, 0.29) is 42.1 Å². The second-order valence-corrected chi connectivity index (χ2v) is 21.4. The van der Waals surface area contributed by atoms with Gasteiger partial charge in [-0.1, -0.05) is 68.2 Å². The minimum atomic E-state index is -0.625. The summed E-state index contributed by atoms with van der Waals surface area (Å²) in [6.45, 7) is 23.0. The Bertz CT molecular complexity index is 2280. The lowest BCUT2D eigenvalue weighted by Crippen LogP contribution is -2.51. The number of carbonyl (C=O) groups is 5. The maximum absolute atomic E-state index is 12.6. The van der Waals surface area contributed by atoms with Crippen molar-refractivity contribution < 1.29 is 71.3 Å². The summed E-state index contributed by atoms with van der Waals surface area (Å²) in [4.78, 5) is 71.0. The van der Waals surface area contributed by atoms with Crippen molar-refractivity contribution in [1.82, 2.24) is 9.80 Å². The second-order valence-electron chi connectivity index (χ2n) is 19.2. The molecule has 6 rings (SSSR count). The zero-order chi connectivity index (χ0) is 54.9. The summed E-state index contributed by atoms with van der Waals surface area (Å²) in [5.74, 6) is 0.456. The average molecular weight is 1070 g/mol. The van der Waals surface area contributed by atoms with Gasteiger partial charge in [0.1, 0.15) is 58.0 Å². The molecule has 2 saturated heterocycles. The molecule has 10 atom stereocenters. The van der Waals surface area contributed by atoms with Gasteiger partial charge >= 0.3 is 24.1 Å². The zero-order valence-corrected chi connectivity index (χ0v) is 46.6. The number of aliphatic imine (C=N–C) groups is 2. The molecular formula is C53H74N4O15S2. The number of ether oxygens (including phenoxy) is 10.